The predicted octanol–water partition coefficient (Wildman–Crippen LogP) is 2.59. The van der Waals surface area contributed by atoms with Crippen LogP contribution in [0, 0.1) is 5.92 Å². The number of rotatable bonds is 8. The van der Waals surface area contributed by atoms with Crippen LogP contribution >= 0.6 is 11.6 Å². The molecule has 1 aromatic rings. The van der Waals surface area contributed by atoms with Crippen molar-refractivity contribution in [1.82, 2.24) is 10.2 Å². The standard InChI is InChI=1S/C19H28ClN3O3/c1-21-19(23(2)7-8-24-13-14-3-4-14)22-6-5-15-11-16(20)18-17(12-15)25-9-10-26-18/h11-12,14H,3-10,13H2,1-2H3,(H,21,22). The van der Waals surface area contributed by atoms with Gasteiger partial charge in [0.25, 0.3) is 0 Å². The van der Waals surface area contributed by atoms with E-state index >= 15 is 0 Å². The zero-order chi connectivity index (χ0) is 18.4. The lowest BCUT2D eigenvalue weighted by Crippen LogP contribution is -2.41. The number of halogens is 1. The summed E-state index contributed by atoms with van der Waals surface area (Å²) in [5.41, 5.74) is 1.11. The fourth-order valence-electron chi connectivity index (χ4n) is 2.85. The van der Waals surface area contributed by atoms with Crippen LogP contribution in [0.25, 0.3) is 0 Å². The molecule has 1 aromatic carbocycles. The van der Waals surface area contributed by atoms with Gasteiger partial charge in [-0.15, -0.1) is 0 Å². The Hall–Kier alpha value is -1.66. The van der Waals surface area contributed by atoms with Crippen LogP contribution in [0.15, 0.2) is 17.1 Å². The highest BCUT2D eigenvalue weighted by Crippen LogP contribution is 2.38. The molecule has 0 aromatic heterocycles. The maximum Gasteiger partial charge on any atom is 0.193 e. The lowest BCUT2D eigenvalue weighted by atomic mass is 10.1. The van der Waals surface area contributed by atoms with E-state index < -0.39 is 0 Å². The normalized spacial score (nSPS) is 16.5. The van der Waals surface area contributed by atoms with Crippen molar-refractivity contribution in [1.29, 1.82) is 0 Å². The van der Waals surface area contributed by atoms with Crippen molar-refractivity contribution in [2.45, 2.75) is 19.3 Å². The van der Waals surface area contributed by atoms with Crippen molar-refractivity contribution < 1.29 is 14.2 Å². The quantitative estimate of drug-likeness (QED) is 0.426. The molecule has 3 rings (SSSR count). The van der Waals surface area contributed by atoms with Crippen molar-refractivity contribution in [3.8, 4) is 11.5 Å². The molecule has 6 nitrogen and oxygen atoms in total. The Morgan fingerprint density at radius 2 is 2.15 bits per heavy atom. The molecule has 0 bridgehead atoms. The average molecular weight is 382 g/mol. The molecule has 2 aliphatic rings. The first-order valence-corrected chi connectivity index (χ1v) is 9.62. The number of fused-ring (bicyclic) bond motifs is 1. The average Bonchev–Trinajstić information content (AvgIpc) is 3.47. The third-order valence-corrected chi connectivity index (χ3v) is 4.83. The van der Waals surface area contributed by atoms with E-state index in [1.54, 1.807) is 7.05 Å². The summed E-state index contributed by atoms with van der Waals surface area (Å²) in [6, 6.07) is 3.94. The molecule has 0 radical (unpaired) electrons. The molecule has 1 fully saturated rings. The number of likely N-dealkylation sites (N-methyl/N-ethyl adjacent to an activating group) is 1. The Balaban J connectivity index is 1.42. The number of hydrogen-bond acceptors (Lipinski definition) is 4. The van der Waals surface area contributed by atoms with E-state index in [-0.39, 0.29) is 0 Å². The first-order chi connectivity index (χ1) is 12.7. The minimum absolute atomic E-state index is 0.542. The van der Waals surface area contributed by atoms with Gasteiger partial charge >= 0.3 is 0 Å². The zero-order valence-electron chi connectivity index (χ0n) is 15.6. The second kappa shape index (κ2) is 9.33. The van der Waals surface area contributed by atoms with Crippen LogP contribution in [-0.2, 0) is 11.2 Å². The van der Waals surface area contributed by atoms with Crippen molar-refractivity contribution >= 4 is 17.6 Å². The second-order valence-corrected chi connectivity index (χ2v) is 7.17. The first kappa shape index (κ1) is 19.1. The van der Waals surface area contributed by atoms with Gasteiger partial charge in [0.1, 0.15) is 13.2 Å². The molecule has 1 saturated carbocycles. The lowest BCUT2D eigenvalue weighted by molar-refractivity contribution is 0.115. The Morgan fingerprint density at radius 1 is 1.35 bits per heavy atom. The summed E-state index contributed by atoms with van der Waals surface area (Å²) in [7, 11) is 3.82. The summed E-state index contributed by atoms with van der Waals surface area (Å²) in [6.45, 7) is 4.31. The number of aliphatic imine (C=N–C) groups is 1. The summed E-state index contributed by atoms with van der Waals surface area (Å²) in [5, 5.41) is 3.99. The summed E-state index contributed by atoms with van der Waals surface area (Å²) < 4.78 is 16.9. The summed E-state index contributed by atoms with van der Waals surface area (Å²) in [5.74, 6) is 3.05. The van der Waals surface area contributed by atoms with Crippen molar-refractivity contribution in [2.24, 2.45) is 10.9 Å². The molecule has 0 atom stereocenters. The molecule has 0 saturated heterocycles. The van der Waals surface area contributed by atoms with Crippen LogP contribution in [0.4, 0.5) is 0 Å². The minimum Gasteiger partial charge on any atom is -0.486 e. The predicted molar refractivity (Wildman–Crippen MR) is 104 cm³/mol. The summed E-state index contributed by atoms with van der Waals surface area (Å²) >= 11 is 6.29. The Morgan fingerprint density at radius 3 is 2.92 bits per heavy atom. The van der Waals surface area contributed by atoms with Gasteiger partial charge in [-0.3, -0.25) is 4.99 Å². The van der Waals surface area contributed by atoms with Gasteiger partial charge in [-0.1, -0.05) is 11.6 Å². The monoisotopic (exact) mass is 381 g/mol. The number of benzene rings is 1. The van der Waals surface area contributed by atoms with Crippen LogP contribution in [0.5, 0.6) is 11.5 Å². The molecule has 144 valence electrons. The Labute approximate surface area is 160 Å². The SMILES string of the molecule is CN=C(NCCc1cc(Cl)c2c(c1)OCCO2)N(C)CCOCC1CC1. The molecule has 0 amide bonds. The van der Waals surface area contributed by atoms with Crippen molar-refractivity contribution in [2.75, 3.05) is 53.6 Å². The maximum absolute atomic E-state index is 6.29. The van der Waals surface area contributed by atoms with Crippen LogP contribution in [0.1, 0.15) is 18.4 Å². The van der Waals surface area contributed by atoms with E-state index in [1.165, 1.54) is 12.8 Å². The Bertz CT molecular complexity index is 635. The minimum atomic E-state index is 0.542. The molecular weight excluding hydrogens is 354 g/mol. The maximum atomic E-state index is 6.29. The highest BCUT2D eigenvalue weighted by Gasteiger charge is 2.21. The molecule has 1 heterocycles. The highest BCUT2D eigenvalue weighted by molar-refractivity contribution is 6.32. The number of nitrogens with one attached hydrogen (secondary N) is 1. The van der Waals surface area contributed by atoms with Gasteiger partial charge in [0, 0.05) is 33.8 Å². The van der Waals surface area contributed by atoms with Crippen LogP contribution < -0.4 is 14.8 Å². The van der Waals surface area contributed by atoms with Gasteiger partial charge < -0.3 is 24.4 Å². The van der Waals surface area contributed by atoms with Crippen molar-refractivity contribution in [3.63, 3.8) is 0 Å². The van der Waals surface area contributed by atoms with E-state index in [0.717, 1.165) is 55.9 Å². The van der Waals surface area contributed by atoms with Gasteiger partial charge in [0.05, 0.1) is 11.6 Å². The third-order valence-electron chi connectivity index (χ3n) is 4.55. The number of ether oxygens (including phenoxy) is 3. The van der Waals surface area contributed by atoms with E-state index in [1.807, 2.05) is 19.2 Å². The lowest BCUT2D eigenvalue weighted by Gasteiger charge is -2.22. The van der Waals surface area contributed by atoms with Crippen LogP contribution in [0.2, 0.25) is 5.02 Å². The molecular formula is C19H28ClN3O3. The fraction of sp³-hybridized carbons (Fsp3) is 0.632. The van der Waals surface area contributed by atoms with Gasteiger partial charge in [0.15, 0.2) is 17.5 Å². The van der Waals surface area contributed by atoms with Gasteiger partial charge in [0.2, 0.25) is 0 Å². The molecule has 1 N–H and O–H groups in total. The van der Waals surface area contributed by atoms with Crippen LogP contribution in [-0.4, -0.2) is 64.5 Å². The number of nitrogens with zero attached hydrogens (tertiary/aromatic N) is 2. The van der Waals surface area contributed by atoms with Crippen LogP contribution in [0.3, 0.4) is 0 Å². The molecule has 0 spiro atoms. The van der Waals surface area contributed by atoms with Gasteiger partial charge in [-0.05, 0) is 42.9 Å². The van der Waals surface area contributed by atoms with Gasteiger partial charge in [-0.25, -0.2) is 0 Å². The molecule has 0 unspecified atom stereocenters. The van der Waals surface area contributed by atoms with E-state index in [4.69, 9.17) is 25.8 Å². The van der Waals surface area contributed by atoms with E-state index in [9.17, 15) is 0 Å². The molecule has 1 aliphatic heterocycles. The van der Waals surface area contributed by atoms with Crippen molar-refractivity contribution in [3.05, 3.63) is 22.7 Å². The van der Waals surface area contributed by atoms with E-state index in [0.29, 0.717) is 24.0 Å². The van der Waals surface area contributed by atoms with Gasteiger partial charge in [-0.2, -0.15) is 0 Å². The second-order valence-electron chi connectivity index (χ2n) is 6.77. The summed E-state index contributed by atoms with van der Waals surface area (Å²) in [4.78, 5) is 6.43. The summed E-state index contributed by atoms with van der Waals surface area (Å²) in [6.07, 6.45) is 3.47. The third kappa shape index (κ3) is 5.42. The molecule has 1 aliphatic carbocycles. The highest BCUT2D eigenvalue weighted by atomic mass is 35.5. The first-order valence-electron chi connectivity index (χ1n) is 9.25. The molecule has 7 heteroatoms. The van der Waals surface area contributed by atoms with E-state index in [2.05, 4.69) is 15.2 Å². The fourth-order valence-corrected chi connectivity index (χ4v) is 3.14. The topological polar surface area (TPSA) is 55.3 Å². The largest absolute Gasteiger partial charge is 0.486 e. The smallest absolute Gasteiger partial charge is 0.193 e. The zero-order valence-corrected chi connectivity index (χ0v) is 16.3. The Kier molecular flexibility index (Phi) is 6.86. The number of hydrogen-bond donors (Lipinski definition) is 1. The molecule has 26 heavy (non-hydrogen) atoms. The number of guanidine groups is 1.